The third-order valence-electron chi connectivity index (χ3n) is 4.16. The van der Waals surface area contributed by atoms with Gasteiger partial charge >= 0.3 is 0 Å². The van der Waals surface area contributed by atoms with Crippen LogP contribution in [-0.2, 0) is 9.53 Å². The van der Waals surface area contributed by atoms with Crippen LogP contribution >= 0.6 is 12.4 Å². The van der Waals surface area contributed by atoms with E-state index in [-0.39, 0.29) is 24.4 Å². The Balaban J connectivity index is 0.00000200. The summed E-state index contributed by atoms with van der Waals surface area (Å²) in [5.74, 6) is 0.780. The highest BCUT2D eigenvalue weighted by atomic mass is 35.5. The monoisotopic (exact) mass is 305 g/mol. The number of amides is 1. The summed E-state index contributed by atoms with van der Waals surface area (Å²) < 4.78 is 5.13. The predicted molar refractivity (Wildman–Crippen MR) is 82.3 cm³/mol. The molecule has 2 saturated heterocycles. The van der Waals surface area contributed by atoms with E-state index < -0.39 is 0 Å². The fourth-order valence-corrected chi connectivity index (χ4v) is 3.02. The van der Waals surface area contributed by atoms with Crippen LogP contribution in [0.3, 0.4) is 0 Å². The molecule has 2 aliphatic rings. The number of nitrogens with zero attached hydrogens (tertiary/aromatic N) is 1. The normalized spacial score (nSPS) is 27.1. The van der Waals surface area contributed by atoms with Gasteiger partial charge in [0.05, 0.1) is 12.6 Å². The molecule has 0 aliphatic carbocycles. The minimum atomic E-state index is 0. The van der Waals surface area contributed by atoms with Gasteiger partial charge in [-0.3, -0.25) is 4.79 Å². The van der Waals surface area contributed by atoms with Crippen molar-refractivity contribution in [2.24, 2.45) is 5.92 Å². The molecule has 2 atom stereocenters. The van der Waals surface area contributed by atoms with Crippen LogP contribution in [0.5, 0.6) is 0 Å². The second-order valence-electron chi connectivity index (χ2n) is 5.70. The number of ether oxygens (including phenoxy) is 1. The second-order valence-corrected chi connectivity index (χ2v) is 5.70. The van der Waals surface area contributed by atoms with Crippen molar-refractivity contribution in [3.63, 3.8) is 0 Å². The molecule has 2 unspecified atom stereocenters. The summed E-state index contributed by atoms with van der Waals surface area (Å²) >= 11 is 0. The van der Waals surface area contributed by atoms with E-state index in [4.69, 9.17) is 4.74 Å². The fraction of sp³-hybridized carbons (Fsp3) is 0.929. The third kappa shape index (κ3) is 5.56. The van der Waals surface area contributed by atoms with Crippen LogP contribution in [0.2, 0.25) is 0 Å². The molecular formula is C14H28ClN3O2. The first-order valence-corrected chi connectivity index (χ1v) is 7.52. The van der Waals surface area contributed by atoms with Gasteiger partial charge < -0.3 is 20.3 Å². The Morgan fingerprint density at radius 1 is 1.40 bits per heavy atom. The molecule has 2 heterocycles. The lowest BCUT2D eigenvalue weighted by atomic mass is 9.98. The van der Waals surface area contributed by atoms with Gasteiger partial charge in [0.2, 0.25) is 5.91 Å². The third-order valence-corrected chi connectivity index (χ3v) is 4.16. The maximum absolute atomic E-state index is 11.9. The number of halogens is 1. The largest absolute Gasteiger partial charge is 0.383 e. The van der Waals surface area contributed by atoms with E-state index in [1.54, 1.807) is 7.11 Å². The van der Waals surface area contributed by atoms with Crippen LogP contribution in [0, 0.1) is 5.92 Å². The average Bonchev–Trinajstić information content (AvgIpc) is 2.97. The summed E-state index contributed by atoms with van der Waals surface area (Å²) in [6.45, 7) is 5.85. The van der Waals surface area contributed by atoms with Gasteiger partial charge in [0.25, 0.3) is 0 Å². The standard InChI is InChI=1S/C14H27N3O2.ClH/c1-19-9-8-17-7-3-4-12(11-17)10-16-14(18)13-5-2-6-15-13;/h12-13,15H,2-11H2,1H3,(H,16,18);1H. The first-order chi connectivity index (χ1) is 9.29. The predicted octanol–water partition coefficient (Wildman–Crippen LogP) is 0.635. The summed E-state index contributed by atoms with van der Waals surface area (Å²) in [5, 5.41) is 6.35. The fourth-order valence-electron chi connectivity index (χ4n) is 3.02. The minimum Gasteiger partial charge on any atom is -0.383 e. The van der Waals surface area contributed by atoms with Gasteiger partial charge in [-0.05, 0) is 44.7 Å². The average molecular weight is 306 g/mol. The number of carbonyl (C=O) groups excluding carboxylic acids is 1. The molecule has 2 fully saturated rings. The van der Waals surface area contributed by atoms with Crippen LogP contribution in [0.15, 0.2) is 0 Å². The number of likely N-dealkylation sites (tertiary alicyclic amines) is 1. The number of rotatable bonds is 6. The van der Waals surface area contributed by atoms with Crippen LogP contribution in [0.25, 0.3) is 0 Å². The molecule has 0 radical (unpaired) electrons. The van der Waals surface area contributed by atoms with Gasteiger partial charge in [0, 0.05) is 26.7 Å². The van der Waals surface area contributed by atoms with Gasteiger partial charge in [0.1, 0.15) is 0 Å². The second kappa shape index (κ2) is 9.55. The van der Waals surface area contributed by atoms with Crippen molar-refractivity contribution in [2.75, 3.05) is 46.4 Å². The van der Waals surface area contributed by atoms with Crippen molar-refractivity contribution in [1.29, 1.82) is 0 Å². The highest BCUT2D eigenvalue weighted by molar-refractivity contribution is 5.85. The summed E-state index contributed by atoms with van der Waals surface area (Å²) in [6.07, 6.45) is 4.55. The Kier molecular flexibility index (Phi) is 8.45. The van der Waals surface area contributed by atoms with Crippen molar-refractivity contribution in [2.45, 2.75) is 31.7 Å². The van der Waals surface area contributed by atoms with Gasteiger partial charge in [0.15, 0.2) is 0 Å². The summed E-state index contributed by atoms with van der Waals surface area (Å²) in [4.78, 5) is 14.4. The van der Waals surface area contributed by atoms with Gasteiger partial charge in [-0.15, -0.1) is 12.4 Å². The first kappa shape index (κ1) is 17.7. The lowest BCUT2D eigenvalue weighted by molar-refractivity contribution is -0.123. The summed E-state index contributed by atoms with van der Waals surface area (Å²) in [7, 11) is 1.75. The van der Waals surface area contributed by atoms with Crippen molar-refractivity contribution in [1.82, 2.24) is 15.5 Å². The SMILES string of the molecule is COCCN1CCCC(CNC(=O)C2CCCN2)C1.Cl. The highest BCUT2D eigenvalue weighted by Gasteiger charge is 2.24. The molecule has 0 bridgehead atoms. The Labute approximate surface area is 128 Å². The van der Waals surface area contributed by atoms with Crippen molar-refractivity contribution in [3.05, 3.63) is 0 Å². The van der Waals surface area contributed by atoms with E-state index in [1.165, 1.54) is 12.8 Å². The molecule has 6 heteroatoms. The van der Waals surface area contributed by atoms with E-state index >= 15 is 0 Å². The van der Waals surface area contributed by atoms with Gasteiger partial charge in [-0.25, -0.2) is 0 Å². The maximum atomic E-state index is 11.9. The molecule has 2 N–H and O–H groups in total. The van der Waals surface area contributed by atoms with E-state index in [2.05, 4.69) is 15.5 Å². The zero-order valence-corrected chi connectivity index (χ0v) is 13.2. The van der Waals surface area contributed by atoms with Crippen molar-refractivity contribution in [3.8, 4) is 0 Å². The Bertz CT molecular complexity index is 286. The van der Waals surface area contributed by atoms with Crippen molar-refractivity contribution < 1.29 is 9.53 Å². The molecule has 20 heavy (non-hydrogen) atoms. The number of methoxy groups -OCH3 is 1. The zero-order valence-electron chi connectivity index (χ0n) is 12.4. The van der Waals surface area contributed by atoms with Crippen LogP contribution in [-0.4, -0.2) is 63.3 Å². The molecule has 118 valence electrons. The number of nitrogens with one attached hydrogen (secondary N) is 2. The highest BCUT2D eigenvalue weighted by Crippen LogP contribution is 2.15. The molecule has 0 spiro atoms. The number of piperidine rings is 1. The zero-order chi connectivity index (χ0) is 13.5. The smallest absolute Gasteiger partial charge is 0.237 e. The van der Waals surface area contributed by atoms with E-state index in [1.807, 2.05) is 0 Å². The van der Waals surface area contributed by atoms with E-state index in [0.29, 0.717) is 5.92 Å². The Morgan fingerprint density at radius 2 is 2.25 bits per heavy atom. The molecule has 2 aliphatic heterocycles. The summed E-state index contributed by atoms with van der Waals surface area (Å²) in [6, 6.07) is 0.0492. The summed E-state index contributed by atoms with van der Waals surface area (Å²) in [5.41, 5.74) is 0. The minimum absolute atomic E-state index is 0. The molecule has 0 aromatic heterocycles. The number of carbonyl (C=O) groups is 1. The molecule has 0 aromatic carbocycles. The van der Waals surface area contributed by atoms with Crippen LogP contribution in [0.1, 0.15) is 25.7 Å². The van der Waals surface area contributed by atoms with E-state index in [9.17, 15) is 4.79 Å². The lowest BCUT2D eigenvalue weighted by Crippen LogP contribution is -2.46. The van der Waals surface area contributed by atoms with Crippen LogP contribution in [0.4, 0.5) is 0 Å². The topological polar surface area (TPSA) is 53.6 Å². The van der Waals surface area contributed by atoms with Gasteiger partial charge in [-0.1, -0.05) is 0 Å². The maximum Gasteiger partial charge on any atom is 0.237 e. The molecule has 5 nitrogen and oxygen atoms in total. The van der Waals surface area contributed by atoms with Crippen LogP contribution < -0.4 is 10.6 Å². The number of hydrogen-bond acceptors (Lipinski definition) is 4. The van der Waals surface area contributed by atoms with Gasteiger partial charge in [-0.2, -0.15) is 0 Å². The quantitative estimate of drug-likeness (QED) is 0.756. The number of hydrogen-bond donors (Lipinski definition) is 2. The Morgan fingerprint density at radius 3 is 2.95 bits per heavy atom. The van der Waals surface area contributed by atoms with E-state index in [0.717, 1.165) is 52.2 Å². The molecule has 0 aromatic rings. The molecule has 2 rings (SSSR count). The van der Waals surface area contributed by atoms with Crippen molar-refractivity contribution >= 4 is 18.3 Å². The molecular weight excluding hydrogens is 278 g/mol. The Hall–Kier alpha value is -0.360. The molecule has 0 saturated carbocycles. The molecule has 1 amide bonds. The lowest BCUT2D eigenvalue weighted by Gasteiger charge is -2.32. The first-order valence-electron chi connectivity index (χ1n) is 7.52.